The van der Waals surface area contributed by atoms with Gasteiger partial charge in [0.25, 0.3) is 0 Å². The number of halogens is 1. The highest BCUT2D eigenvalue weighted by molar-refractivity contribution is 5.85. The third kappa shape index (κ3) is 4.68. The van der Waals surface area contributed by atoms with Crippen molar-refractivity contribution in [2.24, 2.45) is 0 Å². The minimum atomic E-state index is -0.290. The number of benzene rings is 1. The minimum absolute atomic E-state index is 0. The molecule has 1 aromatic carbocycles. The number of methoxy groups -OCH3 is 1. The average Bonchev–Trinajstić information content (AvgIpc) is 2.67. The van der Waals surface area contributed by atoms with Crippen LogP contribution in [-0.4, -0.2) is 58.1 Å². The Bertz CT molecular complexity index is 575. The number of carbonyl (C=O) groups is 1. The smallest absolute Gasteiger partial charge is 0.239 e. The second kappa shape index (κ2) is 9.55. The van der Waals surface area contributed by atoms with Crippen LogP contribution in [-0.2, 0) is 19.7 Å². The number of carbonyl (C=O) groups excluding carboxylic acids is 1. The molecule has 3 rings (SSSR count). The maximum absolute atomic E-state index is 12.6. The molecule has 2 saturated heterocycles. The van der Waals surface area contributed by atoms with Crippen molar-refractivity contribution in [1.82, 2.24) is 10.6 Å². The van der Waals surface area contributed by atoms with Crippen LogP contribution in [0.5, 0.6) is 5.75 Å². The molecule has 26 heavy (non-hydrogen) atoms. The fourth-order valence-corrected chi connectivity index (χ4v) is 3.67. The molecule has 2 fully saturated rings. The summed E-state index contributed by atoms with van der Waals surface area (Å²) in [5.41, 5.74) is 1.12. The first-order chi connectivity index (χ1) is 12.1. The molecule has 0 saturated carbocycles. The second-order valence-corrected chi connectivity index (χ2v) is 6.85. The normalized spacial score (nSPS) is 25.0. The molecule has 7 heteroatoms. The van der Waals surface area contributed by atoms with Crippen LogP contribution in [0.4, 0.5) is 0 Å². The van der Waals surface area contributed by atoms with E-state index in [1.54, 1.807) is 7.11 Å². The Morgan fingerprint density at radius 1 is 1.27 bits per heavy atom. The number of amides is 1. The van der Waals surface area contributed by atoms with Crippen LogP contribution in [0, 0.1) is 0 Å². The van der Waals surface area contributed by atoms with Crippen molar-refractivity contribution in [3.63, 3.8) is 0 Å². The Kier molecular flexibility index (Phi) is 7.70. The summed E-state index contributed by atoms with van der Waals surface area (Å²) in [5, 5.41) is 6.40. The summed E-state index contributed by atoms with van der Waals surface area (Å²) >= 11 is 0. The van der Waals surface area contributed by atoms with Crippen molar-refractivity contribution in [2.75, 3.05) is 40.0 Å². The molecule has 146 valence electrons. The number of hydrogen-bond acceptors (Lipinski definition) is 5. The molecule has 0 bridgehead atoms. The molecule has 0 aliphatic carbocycles. The van der Waals surface area contributed by atoms with Crippen molar-refractivity contribution in [3.05, 3.63) is 29.8 Å². The number of morpholine rings is 1. The predicted octanol–water partition coefficient (Wildman–Crippen LogP) is 1.66. The van der Waals surface area contributed by atoms with Gasteiger partial charge in [0, 0.05) is 31.7 Å². The molecule has 0 spiro atoms. The summed E-state index contributed by atoms with van der Waals surface area (Å²) in [7, 11) is 1.67. The molecule has 2 aliphatic rings. The summed E-state index contributed by atoms with van der Waals surface area (Å²) in [6.07, 6.45) is 1.67. The first-order valence-corrected chi connectivity index (χ1v) is 9.00. The lowest BCUT2D eigenvalue weighted by molar-refractivity contribution is -0.129. The van der Waals surface area contributed by atoms with Crippen molar-refractivity contribution >= 4 is 18.3 Å². The first-order valence-electron chi connectivity index (χ1n) is 9.00. The maximum atomic E-state index is 12.6. The monoisotopic (exact) mass is 384 g/mol. The number of nitrogens with one attached hydrogen (secondary N) is 2. The Balaban J connectivity index is 0.00000243. The summed E-state index contributed by atoms with van der Waals surface area (Å²) < 4.78 is 16.4. The highest BCUT2D eigenvalue weighted by Crippen LogP contribution is 2.35. The van der Waals surface area contributed by atoms with E-state index < -0.39 is 0 Å². The van der Waals surface area contributed by atoms with Gasteiger partial charge in [-0.25, -0.2) is 0 Å². The van der Waals surface area contributed by atoms with Gasteiger partial charge in [-0.2, -0.15) is 0 Å². The van der Waals surface area contributed by atoms with E-state index in [4.69, 9.17) is 14.2 Å². The van der Waals surface area contributed by atoms with Crippen LogP contribution in [0.2, 0.25) is 0 Å². The van der Waals surface area contributed by atoms with Gasteiger partial charge in [0.1, 0.15) is 11.8 Å². The first kappa shape index (κ1) is 21.0. The summed E-state index contributed by atoms with van der Waals surface area (Å²) in [6, 6.07) is 7.86. The molecule has 0 aromatic heterocycles. The van der Waals surface area contributed by atoms with Crippen LogP contribution >= 0.6 is 12.4 Å². The Labute approximate surface area is 161 Å². The molecule has 1 amide bonds. The lowest BCUT2D eigenvalue weighted by Gasteiger charge is -2.39. The minimum Gasteiger partial charge on any atom is -0.497 e. The van der Waals surface area contributed by atoms with Gasteiger partial charge in [0.2, 0.25) is 5.91 Å². The van der Waals surface area contributed by atoms with Gasteiger partial charge in [0.05, 0.1) is 19.8 Å². The molecular weight excluding hydrogens is 356 g/mol. The van der Waals surface area contributed by atoms with E-state index in [9.17, 15) is 4.79 Å². The summed E-state index contributed by atoms with van der Waals surface area (Å²) in [4.78, 5) is 12.6. The third-order valence-corrected chi connectivity index (χ3v) is 5.35. The molecule has 1 aromatic rings. The predicted molar refractivity (Wildman–Crippen MR) is 102 cm³/mol. The zero-order chi connectivity index (χ0) is 17.7. The van der Waals surface area contributed by atoms with E-state index in [1.807, 2.05) is 19.1 Å². The number of hydrogen-bond donors (Lipinski definition) is 2. The number of ether oxygens (including phenoxy) is 3. The van der Waals surface area contributed by atoms with Crippen LogP contribution in [0.3, 0.4) is 0 Å². The third-order valence-electron chi connectivity index (χ3n) is 5.35. The summed E-state index contributed by atoms with van der Waals surface area (Å²) in [6.45, 7) is 5.32. The topological polar surface area (TPSA) is 68.8 Å². The lowest BCUT2D eigenvalue weighted by atomic mass is 9.74. The van der Waals surface area contributed by atoms with Crippen LogP contribution < -0.4 is 15.4 Å². The van der Waals surface area contributed by atoms with Crippen LogP contribution in [0.15, 0.2) is 24.3 Å². The molecule has 0 unspecified atom stereocenters. The van der Waals surface area contributed by atoms with Crippen LogP contribution in [0.1, 0.15) is 25.3 Å². The standard InChI is InChI=1S/C19H28N2O4.ClH/c1-14-17(20-9-12-25-14)18(22)21-13-19(7-10-24-11-8-19)15-3-5-16(23-2)6-4-15;/h3-6,14,17,20H,7-13H2,1-2H3,(H,21,22);1H/t14-,17+;/m1./s1. The zero-order valence-corrected chi connectivity index (χ0v) is 16.3. The van der Waals surface area contributed by atoms with E-state index in [-0.39, 0.29) is 35.9 Å². The number of rotatable bonds is 5. The van der Waals surface area contributed by atoms with E-state index in [2.05, 4.69) is 22.8 Å². The van der Waals surface area contributed by atoms with E-state index >= 15 is 0 Å². The van der Waals surface area contributed by atoms with Crippen molar-refractivity contribution < 1.29 is 19.0 Å². The van der Waals surface area contributed by atoms with Gasteiger partial charge in [-0.1, -0.05) is 12.1 Å². The maximum Gasteiger partial charge on any atom is 0.239 e. The molecule has 2 heterocycles. The van der Waals surface area contributed by atoms with Crippen molar-refractivity contribution in [2.45, 2.75) is 37.3 Å². The fraction of sp³-hybridized carbons (Fsp3) is 0.632. The molecule has 6 nitrogen and oxygen atoms in total. The lowest BCUT2D eigenvalue weighted by Crippen LogP contribution is -2.57. The van der Waals surface area contributed by atoms with E-state index in [0.717, 1.165) is 18.6 Å². The van der Waals surface area contributed by atoms with Crippen molar-refractivity contribution in [1.29, 1.82) is 0 Å². The quantitative estimate of drug-likeness (QED) is 0.808. The van der Waals surface area contributed by atoms with Gasteiger partial charge < -0.3 is 24.8 Å². The van der Waals surface area contributed by atoms with Gasteiger partial charge >= 0.3 is 0 Å². The largest absolute Gasteiger partial charge is 0.497 e. The Morgan fingerprint density at radius 3 is 2.58 bits per heavy atom. The van der Waals surface area contributed by atoms with Crippen molar-refractivity contribution in [3.8, 4) is 5.75 Å². The SMILES string of the molecule is COc1ccc(C2(CNC(=O)[C@H]3NCCO[C@@H]3C)CCOCC2)cc1.Cl. The molecule has 2 N–H and O–H groups in total. The molecule has 2 aliphatic heterocycles. The van der Waals surface area contributed by atoms with E-state index in [1.165, 1.54) is 5.56 Å². The van der Waals surface area contributed by atoms with Crippen LogP contribution in [0.25, 0.3) is 0 Å². The van der Waals surface area contributed by atoms with Gasteiger partial charge in [-0.3, -0.25) is 4.79 Å². The molecule has 2 atom stereocenters. The summed E-state index contributed by atoms with van der Waals surface area (Å²) in [5.74, 6) is 0.846. The molecular formula is C19H29ClN2O4. The molecule has 0 radical (unpaired) electrons. The fourth-order valence-electron chi connectivity index (χ4n) is 3.67. The van der Waals surface area contributed by atoms with Gasteiger partial charge in [-0.15, -0.1) is 12.4 Å². The highest BCUT2D eigenvalue weighted by Gasteiger charge is 2.36. The van der Waals surface area contributed by atoms with E-state index in [0.29, 0.717) is 32.9 Å². The Hall–Kier alpha value is -1.34. The van der Waals surface area contributed by atoms with Gasteiger partial charge in [-0.05, 0) is 37.5 Å². The average molecular weight is 385 g/mol. The zero-order valence-electron chi connectivity index (χ0n) is 15.5. The Morgan fingerprint density at radius 2 is 1.96 bits per heavy atom. The van der Waals surface area contributed by atoms with Gasteiger partial charge in [0.15, 0.2) is 0 Å². The second-order valence-electron chi connectivity index (χ2n) is 6.85. The highest BCUT2D eigenvalue weighted by atomic mass is 35.5.